The van der Waals surface area contributed by atoms with E-state index in [1.54, 1.807) is 18.2 Å². The van der Waals surface area contributed by atoms with E-state index < -0.39 is 30.2 Å². The number of benzene rings is 1. The molecule has 26 heavy (non-hydrogen) atoms. The fourth-order valence-corrected chi connectivity index (χ4v) is 3.65. The molecule has 138 valence electrons. The summed E-state index contributed by atoms with van der Waals surface area (Å²) < 4.78 is 10.4. The summed E-state index contributed by atoms with van der Waals surface area (Å²) >= 11 is 6.01. The van der Waals surface area contributed by atoms with E-state index >= 15 is 0 Å². The average Bonchev–Trinajstić information content (AvgIpc) is 2.86. The predicted octanol–water partition coefficient (Wildman–Crippen LogP) is -0.101. The van der Waals surface area contributed by atoms with Crippen molar-refractivity contribution < 1.29 is 29.0 Å². The number of nitrogens with zero attached hydrogens (tertiary/aromatic N) is 1. The van der Waals surface area contributed by atoms with Crippen molar-refractivity contribution >= 4 is 52.2 Å². The lowest BCUT2D eigenvalue weighted by molar-refractivity contribution is -0.310. The summed E-state index contributed by atoms with van der Waals surface area (Å²) in [5, 5.41) is 11.3. The van der Waals surface area contributed by atoms with Crippen LogP contribution in [0.3, 0.4) is 0 Å². The van der Waals surface area contributed by atoms with Gasteiger partial charge in [0.1, 0.15) is 15.8 Å². The molecule has 1 aliphatic rings. The van der Waals surface area contributed by atoms with E-state index in [1.165, 1.54) is 20.3 Å². The summed E-state index contributed by atoms with van der Waals surface area (Å²) in [6.45, 7) is 0. The molecule has 8 nitrogen and oxygen atoms in total. The lowest BCUT2D eigenvalue weighted by Crippen LogP contribution is -2.51. The molecule has 0 aliphatic carbocycles. The number of carbonyl (C=O) groups excluding carboxylic acids is 3. The molecular formula is C16H15N2O6S2-. The van der Waals surface area contributed by atoms with E-state index in [1.807, 2.05) is 0 Å². The number of primary amides is 1. The van der Waals surface area contributed by atoms with E-state index in [4.69, 9.17) is 27.4 Å². The Morgan fingerprint density at radius 1 is 1.38 bits per heavy atom. The molecule has 1 heterocycles. The van der Waals surface area contributed by atoms with Crippen LogP contribution in [0.2, 0.25) is 0 Å². The first-order chi connectivity index (χ1) is 12.3. The Morgan fingerprint density at radius 3 is 2.62 bits per heavy atom. The smallest absolute Gasteiger partial charge is 0.266 e. The molecular weight excluding hydrogens is 380 g/mol. The maximum absolute atomic E-state index is 12.6. The summed E-state index contributed by atoms with van der Waals surface area (Å²) in [5.41, 5.74) is 5.63. The van der Waals surface area contributed by atoms with Gasteiger partial charge in [0.25, 0.3) is 5.91 Å². The second-order valence-electron chi connectivity index (χ2n) is 5.16. The summed E-state index contributed by atoms with van der Waals surface area (Å²) in [4.78, 5) is 36.1. The number of carboxylic acids is 1. The monoisotopic (exact) mass is 395 g/mol. The third-order valence-corrected chi connectivity index (χ3v) is 4.86. The highest BCUT2D eigenvalue weighted by molar-refractivity contribution is 8.26. The maximum Gasteiger partial charge on any atom is 0.266 e. The number of rotatable bonds is 7. The largest absolute Gasteiger partial charge is 0.548 e. The lowest BCUT2D eigenvalue weighted by Gasteiger charge is -2.26. The molecule has 2 amide bonds. The van der Waals surface area contributed by atoms with Crippen LogP contribution in [-0.4, -0.2) is 47.3 Å². The third-order valence-electron chi connectivity index (χ3n) is 3.53. The van der Waals surface area contributed by atoms with Gasteiger partial charge in [0.2, 0.25) is 5.91 Å². The van der Waals surface area contributed by atoms with Gasteiger partial charge in [-0.15, -0.1) is 0 Å². The Balaban J connectivity index is 2.37. The van der Waals surface area contributed by atoms with E-state index in [2.05, 4.69) is 0 Å². The Kier molecular flexibility index (Phi) is 6.22. The Hall–Kier alpha value is -2.59. The molecule has 0 unspecified atom stereocenters. The molecule has 1 fully saturated rings. The number of thiocarbonyl (C=S) groups is 1. The van der Waals surface area contributed by atoms with E-state index in [0.717, 1.165) is 16.7 Å². The van der Waals surface area contributed by atoms with Crippen LogP contribution in [-0.2, 0) is 14.4 Å². The van der Waals surface area contributed by atoms with E-state index in [0.29, 0.717) is 17.1 Å². The van der Waals surface area contributed by atoms with Gasteiger partial charge in [0.05, 0.1) is 37.6 Å². The minimum Gasteiger partial charge on any atom is -0.548 e. The van der Waals surface area contributed by atoms with Gasteiger partial charge in [-0.25, -0.2) is 0 Å². The second kappa shape index (κ2) is 8.19. The summed E-state index contributed by atoms with van der Waals surface area (Å²) in [6.07, 6.45) is 0.933. The number of carboxylic acid groups (broad SMARTS) is 1. The standard InChI is InChI=1S/C16H16N2O6S2/c1-23-9-4-3-8(11(6-9)24-2)5-12-14(20)18(16(25)26-12)10(15(21)22)7-13(17)19/h3-6,10H,7H2,1-2H3,(H2,17,19)(H,21,22)/p-1/b12-5-/t10-/m0/s1. The Labute approximate surface area is 158 Å². The van der Waals surface area contributed by atoms with Crippen molar-refractivity contribution in [1.82, 2.24) is 4.90 Å². The summed E-state index contributed by atoms with van der Waals surface area (Å²) in [5.74, 6) is -2.10. The van der Waals surface area contributed by atoms with E-state index in [9.17, 15) is 19.5 Å². The van der Waals surface area contributed by atoms with Gasteiger partial charge in [0, 0.05) is 11.6 Å². The molecule has 0 spiro atoms. The molecule has 0 aromatic heterocycles. The number of hydrogen-bond acceptors (Lipinski definition) is 8. The van der Waals surface area contributed by atoms with Gasteiger partial charge < -0.3 is 25.1 Å². The van der Waals surface area contributed by atoms with Crippen LogP contribution in [0, 0.1) is 0 Å². The van der Waals surface area contributed by atoms with Gasteiger partial charge in [-0.1, -0.05) is 24.0 Å². The molecule has 1 saturated heterocycles. The van der Waals surface area contributed by atoms with Gasteiger partial charge in [-0.2, -0.15) is 0 Å². The number of nitrogens with two attached hydrogens (primary N) is 1. The van der Waals surface area contributed by atoms with Crippen molar-refractivity contribution in [3.8, 4) is 11.5 Å². The highest BCUT2D eigenvalue weighted by Crippen LogP contribution is 2.36. The molecule has 2 N–H and O–H groups in total. The fourth-order valence-electron chi connectivity index (χ4n) is 2.30. The number of hydrogen-bond donors (Lipinski definition) is 1. The van der Waals surface area contributed by atoms with Crippen molar-refractivity contribution in [3.05, 3.63) is 28.7 Å². The predicted molar refractivity (Wildman–Crippen MR) is 97.2 cm³/mol. The zero-order valence-electron chi connectivity index (χ0n) is 13.9. The highest BCUT2D eigenvalue weighted by Gasteiger charge is 2.38. The average molecular weight is 395 g/mol. The Morgan fingerprint density at radius 2 is 2.08 bits per heavy atom. The van der Waals surface area contributed by atoms with Crippen LogP contribution in [0.4, 0.5) is 0 Å². The second-order valence-corrected chi connectivity index (χ2v) is 6.84. The number of carbonyl (C=O) groups is 3. The first-order valence-electron chi connectivity index (χ1n) is 7.26. The summed E-state index contributed by atoms with van der Waals surface area (Å²) in [6, 6.07) is 3.46. The zero-order chi connectivity index (χ0) is 19.4. The van der Waals surface area contributed by atoms with Crippen molar-refractivity contribution in [3.63, 3.8) is 0 Å². The van der Waals surface area contributed by atoms with Crippen LogP contribution in [0.25, 0.3) is 6.08 Å². The van der Waals surface area contributed by atoms with Crippen molar-refractivity contribution in [2.24, 2.45) is 5.73 Å². The van der Waals surface area contributed by atoms with Crippen molar-refractivity contribution in [2.75, 3.05) is 14.2 Å². The maximum atomic E-state index is 12.6. The van der Waals surface area contributed by atoms with Crippen molar-refractivity contribution in [1.29, 1.82) is 0 Å². The molecule has 1 aromatic rings. The Bertz CT molecular complexity index is 808. The lowest BCUT2D eigenvalue weighted by atomic mass is 10.1. The molecule has 1 atom stereocenters. The molecule has 0 bridgehead atoms. The van der Waals surface area contributed by atoms with Gasteiger partial charge in [-0.05, 0) is 18.2 Å². The fraction of sp³-hybridized carbons (Fsp3) is 0.250. The molecule has 0 saturated carbocycles. The third kappa shape index (κ3) is 4.14. The molecule has 1 aromatic carbocycles. The van der Waals surface area contributed by atoms with Crippen LogP contribution in [0.15, 0.2) is 23.1 Å². The van der Waals surface area contributed by atoms with Crippen molar-refractivity contribution in [2.45, 2.75) is 12.5 Å². The first kappa shape index (κ1) is 19.7. The number of thioether (sulfide) groups is 1. The van der Waals surface area contributed by atoms with Gasteiger partial charge in [-0.3, -0.25) is 14.5 Å². The number of ether oxygens (including phenoxy) is 2. The van der Waals surface area contributed by atoms with Crippen LogP contribution in [0.5, 0.6) is 11.5 Å². The molecule has 0 radical (unpaired) electrons. The highest BCUT2D eigenvalue weighted by atomic mass is 32.2. The van der Waals surface area contributed by atoms with E-state index in [-0.39, 0.29) is 9.23 Å². The quantitative estimate of drug-likeness (QED) is 0.502. The minimum absolute atomic E-state index is 0.00387. The number of aliphatic carboxylic acids is 1. The molecule has 10 heteroatoms. The topological polar surface area (TPSA) is 122 Å². The molecule has 2 rings (SSSR count). The number of methoxy groups -OCH3 is 2. The first-order valence-corrected chi connectivity index (χ1v) is 8.49. The van der Waals surface area contributed by atoms with Gasteiger partial charge in [0.15, 0.2) is 0 Å². The SMILES string of the molecule is COc1ccc(/C=C2\SC(=S)N([C@@H](CC(N)=O)C(=O)[O-])C2=O)c(OC)c1. The van der Waals surface area contributed by atoms with Crippen LogP contribution in [0.1, 0.15) is 12.0 Å². The normalized spacial score (nSPS) is 16.7. The summed E-state index contributed by atoms with van der Waals surface area (Å²) in [7, 11) is 2.98. The molecule has 1 aliphatic heterocycles. The minimum atomic E-state index is -1.61. The van der Waals surface area contributed by atoms with Gasteiger partial charge >= 0.3 is 0 Å². The van der Waals surface area contributed by atoms with Crippen LogP contribution >= 0.6 is 24.0 Å². The zero-order valence-corrected chi connectivity index (χ0v) is 15.5. The van der Waals surface area contributed by atoms with Crippen LogP contribution < -0.4 is 20.3 Å². The number of amides is 2.